The van der Waals surface area contributed by atoms with E-state index >= 15 is 0 Å². The molecule has 0 saturated heterocycles. The third kappa shape index (κ3) is 13.0. The van der Waals surface area contributed by atoms with Crippen molar-refractivity contribution in [3.63, 3.8) is 0 Å². The van der Waals surface area contributed by atoms with Gasteiger partial charge in [0.2, 0.25) is 0 Å². The van der Waals surface area contributed by atoms with Crippen molar-refractivity contribution in [2.75, 3.05) is 6.54 Å². The van der Waals surface area contributed by atoms with Gasteiger partial charge in [0, 0.05) is 12.8 Å². The smallest absolute Gasteiger partial charge is 0.489 e. The summed E-state index contributed by atoms with van der Waals surface area (Å²) < 4.78 is 46.2. The zero-order valence-corrected chi connectivity index (χ0v) is 19.6. The van der Waals surface area contributed by atoms with Gasteiger partial charge in [-0.25, -0.2) is 0 Å². The van der Waals surface area contributed by atoms with E-state index in [1.54, 1.807) is 12.1 Å². The Morgan fingerprint density at radius 1 is 0.727 bits per heavy atom. The first-order valence-corrected chi connectivity index (χ1v) is 12.0. The predicted octanol–water partition coefficient (Wildman–Crippen LogP) is 8.50. The van der Waals surface area contributed by atoms with Crippen LogP contribution < -0.4 is 9.47 Å². The van der Waals surface area contributed by atoms with Crippen LogP contribution in [0.3, 0.4) is 0 Å². The summed E-state index contributed by atoms with van der Waals surface area (Å²) in [4.78, 5) is 4.51. The van der Waals surface area contributed by atoms with Crippen LogP contribution in [0.5, 0.6) is 11.5 Å². The third-order valence-electron chi connectivity index (χ3n) is 5.32. The van der Waals surface area contributed by atoms with Gasteiger partial charge in [-0.1, -0.05) is 76.8 Å². The van der Waals surface area contributed by atoms with Crippen LogP contribution in [0, 0.1) is 0 Å². The summed E-state index contributed by atoms with van der Waals surface area (Å²) in [5.41, 5.74) is 1.77. The molecule has 2 aromatic carbocycles. The Morgan fingerprint density at radius 2 is 1.27 bits per heavy atom. The fraction of sp³-hybridized carbons (Fsp3) is 0.519. The molecular weight excluding hydrogens is 427 g/mol. The molecule has 6 heteroatoms. The summed E-state index contributed by atoms with van der Waals surface area (Å²) in [6.45, 7) is 3.36. The zero-order valence-electron chi connectivity index (χ0n) is 19.6. The lowest BCUT2D eigenvalue weighted by molar-refractivity contribution is -0.274. The maximum Gasteiger partial charge on any atom is 0.573 e. The van der Waals surface area contributed by atoms with E-state index in [2.05, 4.69) is 16.7 Å². The van der Waals surface area contributed by atoms with Crippen molar-refractivity contribution in [2.45, 2.75) is 84.1 Å². The second-order valence-corrected chi connectivity index (χ2v) is 8.27. The van der Waals surface area contributed by atoms with E-state index in [-0.39, 0.29) is 12.4 Å². The van der Waals surface area contributed by atoms with Crippen LogP contribution in [0.15, 0.2) is 53.5 Å². The first-order chi connectivity index (χ1) is 16.0. The first kappa shape index (κ1) is 26.7. The SMILES string of the molecule is CCCCCCCCCCCC/N=C/c1ccc(OCc2ccc(OC(F)(F)F)cc2)cc1. The quantitative estimate of drug-likeness (QED) is 0.185. The summed E-state index contributed by atoms with van der Waals surface area (Å²) in [6.07, 6.45) is 10.4. The number of nitrogens with zero attached hydrogens (tertiary/aromatic N) is 1. The highest BCUT2D eigenvalue weighted by Gasteiger charge is 2.30. The number of aliphatic imine (C=N–C) groups is 1. The van der Waals surface area contributed by atoms with E-state index in [0.717, 1.165) is 24.1 Å². The average molecular weight is 464 g/mol. The fourth-order valence-electron chi connectivity index (χ4n) is 3.46. The molecule has 3 nitrogen and oxygen atoms in total. The highest BCUT2D eigenvalue weighted by molar-refractivity contribution is 5.79. The summed E-state index contributed by atoms with van der Waals surface area (Å²) in [5, 5.41) is 0. The molecule has 0 atom stereocenters. The highest BCUT2D eigenvalue weighted by Crippen LogP contribution is 2.23. The van der Waals surface area contributed by atoms with Gasteiger partial charge >= 0.3 is 6.36 Å². The van der Waals surface area contributed by atoms with Crippen molar-refractivity contribution >= 4 is 6.21 Å². The number of hydrogen-bond donors (Lipinski definition) is 0. The number of alkyl halides is 3. The second-order valence-electron chi connectivity index (χ2n) is 8.27. The van der Waals surface area contributed by atoms with Gasteiger partial charge in [0.1, 0.15) is 18.1 Å². The van der Waals surface area contributed by atoms with Crippen molar-refractivity contribution in [1.29, 1.82) is 0 Å². The van der Waals surface area contributed by atoms with Gasteiger partial charge < -0.3 is 9.47 Å². The molecule has 0 spiro atoms. The Hall–Kier alpha value is -2.50. The molecule has 0 heterocycles. The Bertz CT molecular complexity index is 787. The van der Waals surface area contributed by atoms with Gasteiger partial charge in [-0.3, -0.25) is 4.99 Å². The van der Waals surface area contributed by atoms with E-state index in [9.17, 15) is 13.2 Å². The average Bonchev–Trinajstić information content (AvgIpc) is 2.79. The molecule has 0 fully saturated rings. The van der Waals surface area contributed by atoms with E-state index in [0.29, 0.717) is 5.75 Å². The molecule has 0 saturated carbocycles. The number of hydrogen-bond acceptors (Lipinski definition) is 3. The molecule has 182 valence electrons. The molecule has 0 unspecified atom stereocenters. The van der Waals surface area contributed by atoms with Crippen LogP contribution in [0.1, 0.15) is 82.3 Å². The van der Waals surface area contributed by atoms with Crippen molar-refractivity contribution < 1.29 is 22.6 Å². The number of halogens is 3. The van der Waals surface area contributed by atoms with Crippen LogP contribution in [-0.2, 0) is 6.61 Å². The zero-order chi connectivity index (χ0) is 23.8. The normalized spacial score (nSPS) is 11.8. The standard InChI is InChI=1S/C27H36F3NO2/c1-2-3-4-5-6-7-8-9-10-11-20-31-21-23-12-16-25(17-13-23)32-22-24-14-18-26(19-15-24)33-27(28,29)30/h12-19,21H,2-11,20,22H2,1H3/b31-21+. The number of rotatable bonds is 16. The molecule has 33 heavy (non-hydrogen) atoms. The minimum atomic E-state index is -4.68. The maximum absolute atomic E-state index is 12.2. The van der Waals surface area contributed by atoms with Crippen molar-refractivity contribution in [2.24, 2.45) is 4.99 Å². The van der Waals surface area contributed by atoms with Crippen LogP contribution in [0.4, 0.5) is 13.2 Å². The molecule has 0 aliphatic rings. The Morgan fingerprint density at radius 3 is 1.85 bits per heavy atom. The van der Waals surface area contributed by atoms with Crippen LogP contribution in [0.25, 0.3) is 0 Å². The summed E-state index contributed by atoms with van der Waals surface area (Å²) in [5.74, 6) is 0.449. The van der Waals surface area contributed by atoms with E-state index in [1.165, 1.54) is 69.9 Å². The van der Waals surface area contributed by atoms with Gasteiger partial charge in [0.25, 0.3) is 0 Å². The molecule has 0 N–H and O–H groups in total. The summed E-state index contributed by atoms with van der Waals surface area (Å²) in [7, 11) is 0. The van der Waals surface area contributed by atoms with Crippen LogP contribution in [-0.4, -0.2) is 19.1 Å². The number of benzene rings is 2. The molecule has 0 amide bonds. The van der Waals surface area contributed by atoms with Crippen LogP contribution in [0.2, 0.25) is 0 Å². The van der Waals surface area contributed by atoms with Gasteiger partial charge in [0.15, 0.2) is 0 Å². The van der Waals surface area contributed by atoms with E-state index in [4.69, 9.17) is 4.74 Å². The molecule has 0 aliphatic carbocycles. The third-order valence-corrected chi connectivity index (χ3v) is 5.32. The van der Waals surface area contributed by atoms with Crippen molar-refractivity contribution in [1.82, 2.24) is 0 Å². The lowest BCUT2D eigenvalue weighted by Gasteiger charge is -2.10. The fourth-order valence-corrected chi connectivity index (χ4v) is 3.46. The first-order valence-electron chi connectivity index (χ1n) is 12.0. The molecule has 0 radical (unpaired) electrons. The van der Waals surface area contributed by atoms with Gasteiger partial charge in [-0.05, 0) is 53.9 Å². The van der Waals surface area contributed by atoms with Crippen molar-refractivity contribution in [3.05, 3.63) is 59.7 Å². The van der Waals surface area contributed by atoms with Gasteiger partial charge in [-0.2, -0.15) is 0 Å². The molecule has 0 bridgehead atoms. The lowest BCUT2D eigenvalue weighted by atomic mass is 10.1. The molecule has 0 aromatic heterocycles. The second kappa shape index (κ2) is 15.4. The lowest BCUT2D eigenvalue weighted by Crippen LogP contribution is -2.17. The Labute approximate surface area is 196 Å². The summed E-state index contributed by atoms with van der Waals surface area (Å²) in [6, 6.07) is 13.3. The molecule has 2 rings (SSSR count). The monoisotopic (exact) mass is 463 g/mol. The summed E-state index contributed by atoms with van der Waals surface area (Å²) >= 11 is 0. The van der Waals surface area contributed by atoms with E-state index in [1.807, 2.05) is 30.5 Å². The molecule has 0 aliphatic heterocycles. The van der Waals surface area contributed by atoms with Crippen LogP contribution >= 0.6 is 0 Å². The topological polar surface area (TPSA) is 30.8 Å². The van der Waals surface area contributed by atoms with Gasteiger partial charge in [0.05, 0.1) is 0 Å². The number of ether oxygens (including phenoxy) is 2. The molecule has 2 aromatic rings. The minimum absolute atomic E-state index is 0.243. The number of unbranched alkanes of at least 4 members (excludes halogenated alkanes) is 9. The predicted molar refractivity (Wildman–Crippen MR) is 128 cm³/mol. The minimum Gasteiger partial charge on any atom is -0.489 e. The Balaban J connectivity index is 1.57. The largest absolute Gasteiger partial charge is 0.573 e. The maximum atomic E-state index is 12.2. The van der Waals surface area contributed by atoms with Crippen molar-refractivity contribution in [3.8, 4) is 11.5 Å². The van der Waals surface area contributed by atoms with E-state index < -0.39 is 6.36 Å². The highest BCUT2D eigenvalue weighted by atomic mass is 19.4. The molecular formula is C27H36F3NO2. The Kier molecular flexibility index (Phi) is 12.4. The van der Waals surface area contributed by atoms with Gasteiger partial charge in [-0.15, -0.1) is 13.2 Å².